The van der Waals surface area contributed by atoms with E-state index in [-0.39, 0.29) is 24.2 Å². The molecule has 1 atom stereocenters. The van der Waals surface area contributed by atoms with Crippen LogP contribution in [-0.4, -0.2) is 32.0 Å². The summed E-state index contributed by atoms with van der Waals surface area (Å²) in [5.41, 5.74) is 0.537. The number of aromatic hydroxyl groups is 1. The zero-order valence-corrected chi connectivity index (χ0v) is 11.5. The van der Waals surface area contributed by atoms with Gasteiger partial charge in [0.05, 0.1) is 32.4 Å². The zero-order valence-electron chi connectivity index (χ0n) is 10.6. The maximum Gasteiger partial charge on any atom is 0.407 e. The summed E-state index contributed by atoms with van der Waals surface area (Å²) in [6, 6.07) is 2.82. The Balaban J connectivity index is 0.00000180. The van der Waals surface area contributed by atoms with Crippen LogP contribution in [0.15, 0.2) is 12.1 Å². The standard InChI is InChI=1S/C12H15NO5.ClH/c1-16-7-5-9(14)11(10(6-7)17-2)8-3-4-18-12(15)13-8;/h5-6,8,14H,3-4H2,1-2H3,(H,13,15);1H/t8-;/m1./s1. The number of phenolic OH excluding ortho intramolecular Hbond substituents is 1. The van der Waals surface area contributed by atoms with Crippen molar-refractivity contribution < 1.29 is 24.1 Å². The average molecular weight is 290 g/mol. The van der Waals surface area contributed by atoms with E-state index in [1.807, 2.05) is 0 Å². The molecule has 1 saturated heterocycles. The van der Waals surface area contributed by atoms with Gasteiger partial charge in [0.2, 0.25) is 0 Å². The number of phenols is 1. The molecule has 7 heteroatoms. The highest BCUT2D eigenvalue weighted by Crippen LogP contribution is 2.39. The van der Waals surface area contributed by atoms with Crippen molar-refractivity contribution in [1.29, 1.82) is 0 Å². The first-order chi connectivity index (χ1) is 8.65. The molecule has 0 bridgehead atoms. The molecule has 1 aromatic carbocycles. The van der Waals surface area contributed by atoms with Crippen molar-refractivity contribution in [2.75, 3.05) is 20.8 Å². The number of carbonyl (C=O) groups excluding carboxylic acids is 1. The number of nitrogens with one attached hydrogen (secondary N) is 1. The Labute approximate surface area is 117 Å². The van der Waals surface area contributed by atoms with Crippen LogP contribution < -0.4 is 14.8 Å². The summed E-state index contributed by atoms with van der Waals surface area (Å²) in [7, 11) is 3.00. The van der Waals surface area contributed by atoms with Gasteiger partial charge in [-0.1, -0.05) is 0 Å². The minimum Gasteiger partial charge on any atom is -0.507 e. The van der Waals surface area contributed by atoms with Crippen LogP contribution in [0.3, 0.4) is 0 Å². The number of halogens is 1. The molecule has 0 aliphatic carbocycles. The lowest BCUT2D eigenvalue weighted by atomic mass is 10.0. The van der Waals surface area contributed by atoms with Gasteiger partial charge >= 0.3 is 6.09 Å². The van der Waals surface area contributed by atoms with E-state index < -0.39 is 6.09 Å². The molecule has 0 radical (unpaired) electrons. The molecule has 19 heavy (non-hydrogen) atoms. The summed E-state index contributed by atoms with van der Waals surface area (Å²) in [5, 5.41) is 12.7. The molecular weight excluding hydrogens is 274 g/mol. The van der Waals surface area contributed by atoms with Crippen LogP contribution in [0.5, 0.6) is 17.2 Å². The Kier molecular flexibility index (Phi) is 5.11. The van der Waals surface area contributed by atoms with Gasteiger partial charge in [-0.25, -0.2) is 4.79 Å². The molecule has 2 N–H and O–H groups in total. The molecule has 1 aliphatic heterocycles. The van der Waals surface area contributed by atoms with Crippen molar-refractivity contribution in [2.24, 2.45) is 0 Å². The summed E-state index contributed by atoms with van der Waals surface area (Å²) >= 11 is 0. The van der Waals surface area contributed by atoms with Crippen molar-refractivity contribution in [1.82, 2.24) is 5.32 Å². The van der Waals surface area contributed by atoms with E-state index >= 15 is 0 Å². The molecule has 0 saturated carbocycles. The van der Waals surface area contributed by atoms with E-state index in [4.69, 9.17) is 14.2 Å². The monoisotopic (exact) mass is 289 g/mol. The highest BCUT2D eigenvalue weighted by Gasteiger charge is 2.27. The van der Waals surface area contributed by atoms with Gasteiger partial charge in [-0.15, -0.1) is 12.4 Å². The van der Waals surface area contributed by atoms with Gasteiger partial charge in [-0.2, -0.15) is 0 Å². The predicted octanol–water partition coefficient (Wildman–Crippen LogP) is 2.00. The summed E-state index contributed by atoms with van der Waals surface area (Å²) in [6.07, 6.45) is 0.0747. The Morgan fingerprint density at radius 3 is 2.68 bits per heavy atom. The first kappa shape index (κ1) is 15.2. The van der Waals surface area contributed by atoms with Crippen LogP contribution >= 0.6 is 12.4 Å². The third-order valence-electron chi connectivity index (χ3n) is 2.83. The van der Waals surface area contributed by atoms with Crippen LogP contribution in [0.4, 0.5) is 4.79 Å². The Morgan fingerprint density at radius 2 is 2.11 bits per heavy atom. The lowest BCUT2D eigenvalue weighted by molar-refractivity contribution is 0.114. The second-order valence-electron chi connectivity index (χ2n) is 3.88. The zero-order chi connectivity index (χ0) is 13.1. The highest BCUT2D eigenvalue weighted by atomic mass is 35.5. The number of methoxy groups -OCH3 is 2. The smallest absolute Gasteiger partial charge is 0.407 e. The van der Waals surface area contributed by atoms with Gasteiger partial charge in [0.25, 0.3) is 0 Å². The van der Waals surface area contributed by atoms with Crippen molar-refractivity contribution in [3.8, 4) is 17.2 Å². The topological polar surface area (TPSA) is 77.0 Å². The average Bonchev–Trinajstić information content (AvgIpc) is 2.37. The van der Waals surface area contributed by atoms with Crippen LogP contribution in [0.2, 0.25) is 0 Å². The lowest BCUT2D eigenvalue weighted by Crippen LogP contribution is -2.35. The number of rotatable bonds is 3. The van der Waals surface area contributed by atoms with Crippen LogP contribution in [-0.2, 0) is 4.74 Å². The first-order valence-corrected chi connectivity index (χ1v) is 5.54. The molecule has 1 aromatic rings. The third-order valence-corrected chi connectivity index (χ3v) is 2.83. The quantitative estimate of drug-likeness (QED) is 0.890. The molecule has 1 heterocycles. The fourth-order valence-electron chi connectivity index (χ4n) is 1.97. The third kappa shape index (κ3) is 3.14. The molecule has 1 fully saturated rings. The van der Waals surface area contributed by atoms with E-state index in [1.54, 1.807) is 6.07 Å². The second kappa shape index (κ2) is 6.38. The molecule has 0 spiro atoms. The van der Waals surface area contributed by atoms with Gasteiger partial charge < -0.3 is 24.6 Å². The SMILES string of the molecule is COc1cc(O)c([C@H]2CCOC(=O)N2)c(OC)c1.Cl. The van der Waals surface area contributed by atoms with E-state index in [1.165, 1.54) is 20.3 Å². The fourth-order valence-corrected chi connectivity index (χ4v) is 1.97. The Hall–Kier alpha value is -1.82. The number of cyclic esters (lactones) is 1. The second-order valence-corrected chi connectivity index (χ2v) is 3.88. The molecule has 0 aromatic heterocycles. The number of carbonyl (C=O) groups is 1. The van der Waals surface area contributed by atoms with E-state index in [0.29, 0.717) is 30.1 Å². The fraction of sp³-hybridized carbons (Fsp3) is 0.417. The Morgan fingerprint density at radius 1 is 1.37 bits per heavy atom. The summed E-state index contributed by atoms with van der Waals surface area (Å²) in [6.45, 7) is 0.311. The van der Waals surface area contributed by atoms with Gasteiger partial charge in [-0.05, 0) is 0 Å². The summed E-state index contributed by atoms with van der Waals surface area (Å²) in [5.74, 6) is 0.990. The van der Waals surface area contributed by atoms with Crippen molar-refractivity contribution in [3.05, 3.63) is 17.7 Å². The molecule has 1 aliphatic rings. The maximum atomic E-state index is 11.2. The van der Waals surface area contributed by atoms with Crippen LogP contribution in [0.25, 0.3) is 0 Å². The number of benzene rings is 1. The number of amides is 1. The minimum atomic E-state index is -0.497. The minimum absolute atomic E-state index is 0. The van der Waals surface area contributed by atoms with E-state index in [9.17, 15) is 9.90 Å². The molecule has 0 unspecified atom stereocenters. The molecule has 106 valence electrons. The molecule has 6 nitrogen and oxygen atoms in total. The highest BCUT2D eigenvalue weighted by molar-refractivity contribution is 5.85. The van der Waals surface area contributed by atoms with Crippen LogP contribution in [0, 0.1) is 0 Å². The predicted molar refractivity (Wildman–Crippen MR) is 70.3 cm³/mol. The van der Waals surface area contributed by atoms with E-state index in [0.717, 1.165) is 0 Å². The van der Waals surface area contributed by atoms with Crippen molar-refractivity contribution >= 4 is 18.5 Å². The molecule has 2 rings (SSSR count). The summed E-state index contributed by atoms with van der Waals surface area (Å²) < 4.78 is 15.1. The van der Waals surface area contributed by atoms with Crippen molar-refractivity contribution in [3.63, 3.8) is 0 Å². The normalized spacial score (nSPS) is 17.8. The van der Waals surface area contributed by atoms with Gasteiger partial charge in [-0.3, -0.25) is 0 Å². The number of ether oxygens (including phenoxy) is 3. The first-order valence-electron chi connectivity index (χ1n) is 5.54. The van der Waals surface area contributed by atoms with Gasteiger partial charge in [0.1, 0.15) is 17.2 Å². The number of alkyl carbamates (subject to hydrolysis) is 1. The number of hydrogen-bond acceptors (Lipinski definition) is 5. The molecule has 1 amide bonds. The summed E-state index contributed by atoms with van der Waals surface area (Å²) in [4.78, 5) is 11.2. The molecular formula is C12H16ClNO5. The van der Waals surface area contributed by atoms with Crippen LogP contribution in [0.1, 0.15) is 18.0 Å². The van der Waals surface area contributed by atoms with Gasteiger partial charge in [0.15, 0.2) is 0 Å². The number of hydrogen-bond donors (Lipinski definition) is 2. The largest absolute Gasteiger partial charge is 0.507 e. The van der Waals surface area contributed by atoms with Crippen molar-refractivity contribution in [2.45, 2.75) is 12.5 Å². The lowest BCUT2D eigenvalue weighted by Gasteiger charge is -2.26. The Bertz CT molecular complexity index is 466. The van der Waals surface area contributed by atoms with E-state index in [2.05, 4.69) is 5.32 Å². The maximum absolute atomic E-state index is 11.2. The van der Waals surface area contributed by atoms with Gasteiger partial charge in [0, 0.05) is 18.6 Å².